The minimum absolute atomic E-state index is 0.553. The Labute approximate surface area is 243 Å². The summed E-state index contributed by atoms with van der Waals surface area (Å²) in [5.41, 5.74) is 5.86. The number of aromatic nitrogens is 4. The van der Waals surface area contributed by atoms with E-state index in [9.17, 15) is 0 Å². The summed E-state index contributed by atoms with van der Waals surface area (Å²) in [5.74, 6) is 1.78. The average molecular weight is 537 g/mol. The molecule has 8 rings (SSSR count). The summed E-state index contributed by atoms with van der Waals surface area (Å²) in [4.78, 5) is 20.3. The largest absolute Gasteiger partial charge is 0.243 e. The molecule has 2 heterocycles. The summed E-state index contributed by atoms with van der Waals surface area (Å²) in [5, 5.41) is 5.51. The summed E-state index contributed by atoms with van der Waals surface area (Å²) >= 11 is 0. The first kappa shape index (κ1) is 24.1. The Morgan fingerprint density at radius 2 is 0.786 bits per heavy atom. The van der Waals surface area contributed by atoms with Crippen molar-refractivity contribution >= 4 is 32.4 Å². The van der Waals surface area contributed by atoms with Crippen LogP contribution in [0.3, 0.4) is 0 Å². The molecule has 0 N–H and O–H groups in total. The Balaban J connectivity index is 1.38. The van der Waals surface area contributed by atoms with Crippen LogP contribution in [0.15, 0.2) is 146 Å². The molecule has 2 aromatic heterocycles. The van der Waals surface area contributed by atoms with Crippen molar-refractivity contribution in [2.24, 2.45) is 0 Å². The van der Waals surface area contributed by atoms with Crippen LogP contribution in [0.5, 0.6) is 0 Å². The molecular formula is C38H24N4. The van der Waals surface area contributed by atoms with Gasteiger partial charge >= 0.3 is 0 Å². The van der Waals surface area contributed by atoms with Crippen LogP contribution in [-0.2, 0) is 0 Å². The van der Waals surface area contributed by atoms with Gasteiger partial charge in [-0.3, -0.25) is 0 Å². The molecule has 42 heavy (non-hydrogen) atoms. The lowest BCUT2D eigenvalue weighted by molar-refractivity contribution is 1.07. The van der Waals surface area contributed by atoms with E-state index in [1.807, 2.05) is 42.5 Å². The van der Waals surface area contributed by atoms with E-state index in [0.29, 0.717) is 17.5 Å². The molecule has 0 aliphatic heterocycles. The van der Waals surface area contributed by atoms with Crippen LogP contribution in [0.4, 0.5) is 0 Å². The van der Waals surface area contributed by atoms with E-state index in [2.05, 4.69) is 103 Å². The lowest BCUT2D eigenvalue weighted by Gasteiger charge is -2.13. The molecule has 4 heteroatoms. The minimum atomic E-state index is 0.553. The highest BCUT2D eigenvalue weighted by Crippen LogP contribution is 2.35. The summed E-state index contributed by atoms with van der Waals surface area (Å²) in [6.07, 6.45) is 0. The fourth-order valence-electron chi connectivity index (χ4n) is 5.63. The molecule has 0 aliphatic carbocycles. The van der Waals surface area contributed by atoms with Crippen LogP contribution in [-0.4, -0.2) is 19.9 Å². The first-order chi connectivity index (χ1) is 20.8. The summed E-state index contributed by atoms with van der Waals surface area (Å²) < 4.78 is 0. The molecule has 0 spiro atoms. The molecule has 4 nitrogen and oxygen atoms in total. The third-order valence-electron chi connectivity index (χ3n) is 7.73. The van der Waals surface area contributed by atoms with Crippen LogP contribution >= 0.6 is 0 Å². The fourth-order valence-corrected chi connectivity index (χ4v) is 5.63. The molecular weight excluding hydrogens is 512 g/mol. The predicted molar refractivity (Wildman–Crippen MR) is 172 cm³/mol. The van der Waals surface area contributed by atoms with Crippen molar-refractivity contribution in [2.75, 3.05) is 0 Å². The van der Waals surface area contributed by atoms with Gasteiger partial charge in [0.25, 0.3) is 0 Å². The summed E-state index contributed by atoms with van der Waals surface area (Å²) in [6, 6.07) is 49.9. The van der Waals surface area contributed by atoms with Gasteiger partial charge in [-0.05, 0) is 21.9 Å². The number of fused-ring (bicyclic) bond motifs is 5. The Kier molecular flexibility index (Phi) is 5.75. The van der Waals surface area contributed by atoms with Crippen LogP contribution in [0.25, 0.3) is 77.9 Å². The molecule has 0 saturated carbocycles. The molecule has 0 bridgehead atoms. The lowest BCUT2D eigenvalue weighted by atomic mass is 9.99. The van der Waals surface area contributed by atoms with Crippen molar-refractivity contribution in [3.63, 3.8) is 0 Å². The highest BCUT2D eigenvalue weighted by atomic mass is 15.0. The van der Waals surface area contributed by atoms with Crippen LogP contribution in [0, 0.1) is 0 Å². The first-order valence-corrected chi connectivity index (χ1v) is 14.0. The van der Waals surface area contributed by atoms with Gasteiger partial charge < -0.3 is 0 Å². The van der Waals surface area contributed by atoms with E-state index in [-0.39, 0.29) is 0 Å². The normalized spacial score (nSPS) is 11.3. The van der Waals surface area contributed by atoms with Crippen molar-refractivity contribution in [2.45, 2.75) is 0 Å². The van der Waals surface area contributed by atoms with E-state index >= 15 is 0 Å². The fraction of sp³-hybridized carbons (Fsp3) is 0. The van der Waals surface area contributed by atoms with E-state index < -0.39 is 0 Å². The molecule has 0 fully saturated rings. The van der Waals surface area contributed by atoms with Crippen LogP contribution in [0.2, 0.25) is 0 Å². The van der Waals surface area contributed by atoms with Crippen molar-refractivity contribution < 1.29 is 0 Å². The Hall–Kier alpha value is -5.74. The topological polar surface area (TPSA) is 51.6 Å². The first-order valence-electron chi connectivity index (χ1n) is 14.0. The highest BCUT2D eigenvalue weighted by molar-refractivity contribution is 6.17. The second-order valence-corrected chi connectivity index (χ2v) is 10.3. The molecule has 6 aromatic carbocycles. The van der Waals surface area contributed by atoms with E-state index in [0.717, 1.165) is 54.8 Å². The van der Waals surface area contributed by atoms with Gasteiger partial charge in [0.15, 0.2) is 17.5 Å². The third-order valence-corrected chi connectivity index (χ3v) is 7.73. The molecule has 0 atom stereocenters. The van der Waals surface area contributed by atoms with Crippen molar-refractivity contribution in [3.8, 4) is 45.4 Å². The second-order valence-electron chi connectivity index (χ2n) is 10.3. The molecule has 0 radical (unpaired) electrons. The van der Waals surface area contributed by atoms with Gasteiger partial charge in [-0.25, -0.2) is 19.9 Å². The van der Waals surface area contributed by atoms with Gasteiger partial charge in [0, 0.05) is 27.3 Å². The van der Waals surface area contributed by atoms with Crippen LogP contribution in [0.1, 0.15) is 0 Å². The zero-order chi connectivity index (χ0) is 27.9. The summed E-state index contributed by atoms with van der Waals surface area (Å²) in [7, 11) is 0. The third kappa shape index (κ3) is 4.18. The molecule has 0 saturated heterocycles. The maximum absolute atomic E-state index is 5.27. The SMILES string of the molecule is c1ccc(-c2ccc(-c3nc(-c4ccccc4)nc(-c4nc5c6ccccc6ccc5c5ccccc45)n3)cc2)cc1. The number of rotatable bonds is 4. The smallest absolute Gasteiger partial charge is 0.183 e. The highest BCUT2D eigenvalue weighted by Gasteiger charge is 2.18. The molecule has 196 valence electrons. The van der Waals surface area contributed by atoms with Gasteiger partial charge in [0.1, 0.15) is 5.69 Å². The Morgan fingerprint density at radius 3 is 1.50 bits per heavy atom. The number of hydrogen-bond acceptors (Lipinski definition) is 4. The maximum atomic E-state index is 5.27. The number of nitrogens with zero attached hydrogens (tertiary/aromatic N) is 4. The van der Waals surface area contributed by atoms with Crippen molar-refractivity contribution in [3.05, 3.63) is 146 Å². The average Bonchev–Trinajstić information content (AvgIpc) is 3.08. The van der Waals surface area contributed by atoms with Gasteiger partial charge in [-0.15, -0.1) is 0 Å². The van der Waals surface area contributed by atoms with Gasteiger partial charge in [-0.1, -0.05) is 146 Å². The molecule has 0 unspecified atom stereocenters. The zero-order valence-corrected chi connectivity index (χ0v) is 22.6. The standard InChI is InChI=1S/C38H24N4/c1-3-11-25(12-4-1)26-19-21-29(22-20-26)37-40-36(28-14-5-2-6-15-28)41-38(42-37)35-32-18-10-9-17-31(32)33-24-23-27-13-7-8-16-30(27)34(33)39-35/h1-24H. The minimum Gasteiger partial charge on any atom is -0.243 e. The van der Waals surface area contributed by atoms with Gasteiger partial charge in [0.05, 0.1) is 5.52 Å². The monoisotopic (exact) mass is 536 g/mol. The molecule has 0 aliphatic rings. The molecule has 0 amide bonds. The number of benzene rings is 6. The number of hydrogen-bond donors (Lipinski definition) is 0. The van der Waals surface area contributed by atoms with Crippen molar-refractivity contribution in [1.29, 1.82) is 0 Å². The lowest BCUT2D eigenvalue weighted by Crippen LogP contribution is -2.02. The van der Waals surface area contributed by atoms with E-state index in [1.54, 1.807) is 0 Å². The predicted octanol–water partition coefficient (Wildman–Crippen LogP) is 9.39. The van der Waals surface area contributed by atoms with E-state index in [1.165, 1.54) is 5.56 Å². The Bertz CT molecular complexity index is 2230. The number of pyridine rings is 1. The zero-order valence-electron chi connectivity index (χ0n) is 22.6. The van der Waals surface area contributed by atoms with E-state index in [4.69, 9.17) is 19.9 Å². The quantitative estimate of drug-likeness (QED) is 0.210. The van der Waals surface area contributed by atoms with Crippen molar-refractivity contribution in [1.82, 2.24) is 19.9 Å². The summed E-state index contributed by atoms with van der Waals surface area (Å²) in [6.45, 7) is 0. The second kappa shape index (κ2) is 10.0. The molecule has 8 aromatic rings. The van der Waals surface area contributed by atoms with Crippen LogP contribution < -0.4 is 0 Å². The van der Waals surface area contributed by atoms with Gasteiger partial charge in [0.2, 0.25) is 0 Å². The maximum Gasteiger partial charge on any atom is 0.183 e. The Morgan fingerprint density at radius 1 is 0.286 bits per heavy atom. The van der Waals surface area contributed by atoms with Gasteiger partial charge in [-0.2, -0.15) is 0 Å².